The van der Waals surface area contributed by atoms with Crippen molar-refractivity contribution in [2.75, 3.05) is 31.1 Å². The minimum absolute atomic E-state index is 0.166. The lowest BCUT2D eigenvalue weighted by atomic mass is 9.85. The average molecular weight is 477 g/mol. The van der Waals surface area contributed by atoms with Crippen LogP contribution in [-0.4, -0.2) is 74.9 Å². The van der Waals surface area contributed by atoms with E-state index in [9.17, 15) is 9.90 Å². The van der Waals surface area contributed by atoms with E-state index in [0.717, 1.165) is 62.3 Å². The maximum absolute atomic E-state index is 12.7. The molecule has 8 heteroatoms. The van der Waals surface area contributed by atoms with Crippen molar-refractivity contribution in [3.63, 3.8) is 0 Å². The first-order valence-corrected chi connectivity index (χ1v) is 12.8. The highest BCUT2D eigenvalue weighted by Crippen LogP contribution is 2.29. The Morgan fingerprint density at radius 2 is 1.77 bits per heavy atom. The van der Waals surface area contributed by atoms with Crippen molar-refractivity contribution in [2.24, 2.45) is 5.92 Å². The van der Waals surface area contributed by atoms with Crippen LogP contribution >= 0.6 is 0 Å². The zero-order valence-electron chi connectivity index (χ0n) is 20.7. The van der Waals surface area contributed by atoms with Gasteiger partial charge in [0.15, 0.2) is 5.65 Å². The van der Waals surface area contributed by atoms with E-state index in [1.807, 2.05) is 49.5 Å². The lowest BCUT2D eigenvalue weighted by Crippen LogP contribution is -2.53. The zero-order valence-corrected chi connectivity index (χ0v) is 20.7. The number of fused-ring (bicyclic) bond motifs is 1. The first-order chi connectivity index (χ1) is 17.0. The molecule has 0 radical (unpaired) electrons. The fourth-order valence-corrected chi connectivity index (χ4v) is 5.31. The number of benzene rings is 1. The van der Waals surface area contributed by atoms with Crippen molar-refractivity contribution >= 4 is 17.2 Å². The second-order valence-electron chi connectivity index (χ2n) is 10.3. The predicted octanol–water partition coefficient (Wildman–Crippen LogP) is 2.90. The molecule has 2 saturated heterocycles. The largest absolute Gasteiger partial charge is 0.392 e. The molecule has 1 aliphatic carbocycles. The Labute approximate surface area is 207 Å². The van der Waals surface area contributed by atoms with Gasteiger partial charge in [0, 0.05) is 38.3 Å². The molecule has 3 aliphatic rings. The van der Waals surface area contributed by atoms with Crippen LogP contribution in [0.5, 0.6) is 0 Å². The van der Waals surface area contributed by atoms with E-state index in [2.05, 4.69) is 38.2 Å². The molecule has 0 spiro atoms. The molecular formula is C27H36N6O2. The molecular weight excluding hydrogens is 440 g/mol. The van der Waals surface area contributed by atoms with Crippen LogP contribution in [-0.2, 0) is 0 Å². The molecule has 3 fully saturated rings. The van der Waals surface area contributed by atoms with E-state index in [4.69, 9.17) is 0 Å². The summed E-state index contributed by atoms with van der Waals surface area (Å²) in [5.74, 6) is 0.743. The molecule has 2 aliphatic heterocycles. The SMILES string of the molecule is Cc1cc(N2CCC(C)C2)cn2nc(C(=O)NC3CC(N4CCC(O)C4)C3)nc12.c1ccccc1. The summed E-state index contributed by atoms with van der Waals surface area (Å²) in [4.78, 5) is 21.9. The Hall–Kier alpha value is -2.97. The van der Waals surface area contributed by atoms with Gasteiger partial charge in [-0.15, -0.1) is 5.10 Å². The molecule has 0 bridgehead atoms. The number of β-amino-alcohol motifs (C(OH)–C–C–N with tert-alkyl or cyclic N) is 1. The smallest absolute Gasteiger partial charge is 0.291 e. The molecule has 2 aromatic heterocycles. The molecule has 6 rings (SSSR count). The Morgan fingerprint density at radius 1 is 1.06 bits per heavy atom. The molecule has 4 heterocycles. The van der Waals surface area contributed by atoms with E-state index in [1.54, 1.807) is 4.52 Å². The second-order valence-corrected chi connectivity index (χ2v) is 10.3. The summed E-state index contributed by atoms with van der Waals surface area (Å²) < 4.78 is 1.75. The van der Waals surface area contributed by atoms with Crippen LogP contribution in [0.4, 0.5) is 5.69 Å². The lowest BCUT2D eigenvalue weighted by Gasteiger charge is -2.41. The molecule has 35 heavy (non-hydrogen) atoms. The number of hydrogen-bond acceptors (Lipinski definition) is 6. The number of likely N-dealkylation sites (tertiary alicyclic amines) is 1. The van der Waals surface area contributed by atoms with Gasteiger partial charge in [-0.2, -0.15) is 0 Å². The van der Waals surface area contributed by atoms with E-state index >= 15 is 0 Å². The van der Waals surface area contributed by atoms with Crippen LogP contribution in [0.1, 0.15) is 48.8 Å². The highest BCUT2D eigenvalue weighted by molar-refractivity contribution is 5.91. The van der Waals surface area contributed by atoms with E-state index in [0.29, 0.717) is 12.0 Å². The highest BCUT2D eigenvalue weighted by Gasteiger charge is 2.37. The monoisotopic (exact) mass is 476 g/mol. The van der Waals surface area contributed by atoms with Crippen LogP contribution < -0.4 is 10.2 Å². The van der Waals surface area contributed by atoms with Gasteiger partial charge >= 0.3 is 0 Å². The normalized spacial score (nSPS) is 26.3. The Kier molecular flexibility index (Phi) is 7.02. The predicted molar refractivity (Wildman–Crippen MR) is 137 cm³/mol. The summed E-state index contributed by atoms with van der Waals surface area (Å²) in [5, 5.41) is 17.2. The van der Waals surface area contributed by atoms with Gasteiger partial charge in [0.05, 0.1) is 18.0 Å². The fraction of sp³-hybridized carbons (Fsp3) is 0.519. The molecule has 2 atom stereocenters. The molecule has 2 unspecified atom stereocenters. The van der Waals surface area contributed by atoms with Crippen LogP contribution in [0.2, 0.25) is 0 Å². The summed E-state index contributed by atoms with van der Waals surface area (Å²) in [5.41, 5.74) is 2.92. The summed E-state index contributed by atoms with van der Waals surface area (Å²) in [6.07, 6.45) is 5.73. The van der Waals surface area contributed by atoms with E-state index in [1.165, 1.54) is 6.42 Å². The number of aliphatic hydroxyl groups excluding tert-OH is 1. The van der Waals surface area contributed by atoms with Crippen molar-refractivity contribution in [1.29, 1.82) is 0 Å². The van der Waals surface area contributed by atoms with Crippen LogP contribution in [0, 0.1) is 12.8 Å². The average Bonchev–Trinajstić information content (AvgIpc) is 3.57. The minimum Gasteiger partial charge on any atom is -0.392 e. The third-order valence-corrected chi connectivity index (χ3v) is 7.42. The van der Waals surface area contributed by atoms with Crippen molar-refractivity contribution in [1.82, 2.24) is 24.8 Å². The third-order valence-electron chi connectivity index (χ3n) is 7.42. The quantitative estimate of drug-likeness (QED) is 0.602. The number of carbonyl (C=O) groups is 1. The van der Waals surface area contributed by atoms with Crippen molar-refractivity contribution in [2.45, 2.75) is 57.7 Å². The number of aromatic nitrogens is 3. The lowest BCUT2D eigenvalue weighted by molar-refractivity contribution is 0.0768. The Balaban J connectivity index is 0.000000371. The zero-order chi connectivity index (χ0) is 24.4. The summed E-state index contributed by atoms with van der Waals surface area (Å²) in [6.45, 7) is 8.14. The molecule has 1 saturated carbocycles. The Morgan fingerprint density at radius 3 is 2.37 bits per heavy atom. The maximum atomic E-state index is 12.7. The van der Waals surface area contributed by atoms with Crippen LogP contribution in [0.25, 0.3) is 5.65 Å². The fourth-order valence-electron chi connectivity index (χ4n) is 5.31. The molecule has 3 aromatic rings. The molecule has 1 amide bonds. The highest BCUT2D eigenvalue weighted by atomic mass is 16.3. The van der Waals surface area contributed by atoms with Crippen LogP contribution in [0.15, 0.2) is 48.7 Å². The van der Waals surface area contributed by atoms with Gasteiger partial charge in [-0.3, -0.25) is 9.69 Å². The van der Waals surface area contributed by atoms with Gasteiger partial charge in [0.1, 0.15) is 0 Å². The standard InChI is InChI=1S/C21H30N6O2.C6H6/c1-13-3-5-25(10-13)17-7-14(2)20-23-19(24-27(20)11-17)21(29)22-15-8-16(9-15)26-6-4-18(28)12-26;1-2-4-6-5-3-1/h7,11,13,15-16,18,28H,3-6,8-10,12H2,1-2H3,(H,22,29);1-6H. The molecule has 2 N–H and O–H groups in total. The van der Waals surface area contributed by atoms with Crippen molar-refractivity contribution < 1.29 is 9.90 Å². The van der Waals surface area contributed by atoms with E-state index in [-0.39, 0.29) is 23.9 Å². The number of amides is 1. The van der Waals surface area contributed by atoms with E-state index < -0.39 is 0 Å². The summed E-state index contributed by atoms with van der Waals surface area (Å²) in [6, 6.07) is 14.8. The number of aryl methyl sites for hydroxylation is 1. The van der Waals surface area contributed by atoms with Gasteiger partial charge in [-0.1, -0.05) is 43.3 Å². The van der Waals surface area contributed by atoms with Crippen molar-refractivity contribution in [3.8, 4) is 0 Å². The minimum atomic E-state index is -0.200. The van der Waals surface area contributed by atoms with Gasteiger partial charge in [0.2, 0.25) is 5.82 Å². The topological polar surface area (TPSA) is 86.0 Å². The van der Waals surface area contributed by atoms with Gasteiger partial charge < -0.3 is 15.3 Å². The number of pyridine rings is 1. The molecule has 8 nitrogen and oxygen atoms in total. The van der Waals surface area contributed by atoms with Crippen LogP contribution in [0.3, 0.4) is 0 Å². The number of carbonyl (C=O) groups excluding carboxylic acids is 1. The molecule has 186 valence electrons. The maximum Gasteiger partial charge on any atom is 0.291 e. The van der Waals surface area contributed by atoms with Gasteiger partial charge in [-0.25, -0.2) is 9.50 Å². The third kappa shape index (κ3) is 5.49. The summed E-state index contributed by atoms with van der Waals surface area (Å²) in [7, 11) is 0. The number of anilines is 1. The van der Waals surface area contributed by atoms with Gasteiger partial charge in [-0.05, 0) is 50.2 Å². The summed E-state index contributed by atoms with van der Waals surface area (Å²) >= 11 is 0. The molecule has 1 aromatic carbocycles. The number of rotatable bonds is 4. The van der Waals surface area contributed by atoms with Crippen molar-refractivity contribution in [3.05, 3.63) is 60.0 Å². The Bertz CT molecular complexity index is 1120. The first-order valence-electron chi connectivity index (χ1n) is 12.8. The van der Waals surface area contributed by atoms with Gasteiger partial charge in [0.25, 0.3) is 5.91 Å². The number of aliphatic hydroxyl groups is 1. The first kappa shape index (κ1) is 23.8. The number of nitrogens with zero attached hydrogens (tertiary/aromatic N) is 5. The number of hydrogen-bond donors (Lipinski definition) is 2. The second kappa shape index (κ2) is 10.3. The number of nitrogens with one attached hydrogen (secondary N) is 1.